The third-order valence-electron chi connectivity index (χ3n) is 8.50. The summed E-state index contributed by atoms with van der Waals surface area (Å²) in [5.41, 5.74) is 24.2. The smallest absolute Gasteiger partial charge is 0.313 e. The van der Waals surface area contributed by atoms with Gasteiger partial charge >= 0.3 is 11.7 Å². The molecule has 0 amide bonds. The van der Waals surface area contributed by atoms with Crippen LogP contribution in [0.4, 0.5) is 23.3 Å². The number of rotatable bonds is 5. The number of hydrogen-bond acceptors (Lipinski definition) is 15. The van der Waals surface area contributed by atoms with Crippen molar-refractivity contribution >= 4 is 103 Å². The molecule has 0 saturated heterocycles. The minimum atomic E-state index is -4.08. The number of halogens is 4. The van der Waals surface area contributed by atoms with Gasteiger partial charge in [0.1, 0.15) is 21.9 Å². The molecule has 20 nitrogen and oxygen atoms in total. The molecule has 1 fully saturated rings. The third-order valence-corrected chi connectivity index (χ3v) is 12.3. The van der Waals surface area contributed by atoms with Crippen LogP contribution in [0.15, 0.2) is 111 Å². The minimum absolute atomic E-state index is 0.0260. The summed E-state index contributed by atoms with van der Waals surface area (Å²) in [7, 11) is 0.644. The molecule has 66 heavy (non-hydrogen) atoms. The van der Waals surface area contributed by atoms with E-state index in [-0.39, 0.29) is 16.0 Å². The van der Waals surface area contributed by atoms with E-state index in [1.54, 1.807) is 87.2 Å². The molecule has 13 N–H and O–H groups in total. The number of nitrogen functional groups attached to an aromatic ring is 5. The molecule has 0 spiro atoms. The summed E-state index contributed by atoms with van der Waals surface area (Å²) in [6.07, 6.45) is 2.41. The number of hydrogen-bond donors (Lipinski definition) is 8. The van der Waals surface area contributed by atoms with E-state index in [4.69, 9.17) is 47.5 Å². The van der Waals surface area contributed by atoms with E-state index >= 15 is 0 Å². The van der Waals surface area contributed by atoms with E-state index in [1.165, 1.54) is 36.8 Å². The first-order chi connectivity index (χ1) is 31.0. The van der Waals surface area contributed by atoms with Crippen LogP contribution in [0.3, 0.4) is 0 Å². The molecule has 7 aromatic rings. The maximum absolute atomic E-state index is 10.9. The summed E-state index contributed by atoms with van der Waals surface area (Å²) in [5, 5.41) is 4.46. The van der Waals surface area contributed by atoms with Crippen molar-refractivity contribution in [3.8, 4) is 17.6 Å². The molecule has 25 heteroatoms. The Morgan fingerprint density at radius 1 is 0.742 bits per heavy atom. The van der Waals surface area contributed by atoms with E-state index in [1.807, 2.05) is 19.1 Å². The number of fused-ring (bicyclic) bond motifs is 1. The largest absolute Gasteiger partial charge is 0.481 e. The molecular weight excluding hydrogens is 1140 g/mol. The monoisotopic (exact) mass is 1190 g/mol. The van der Waals surface area contributed by atoms with Crippen LogP contribution >= 0.6 is 63.7 Å². The van der Waals surface area contributed by atoms with Crippen molar-refractivity contribution in [2.24, 2.45) is 0 Å². The van der Waals surface area contributed by atoms with E-state index in [9.17, 15) is 18.0 Å². The molecule has 0 radical (unpaired) electrons. The summed E-state index contributed by atoms with van der Waals surface area (Å²) >= 11 is 13.0. The third kappa shape index (κ3) is 16.6. The number of pyridine rings is 5. The second-order valence-electron chi connectivity index (χ2n) is 13.7. The number of aryl methyl sites for hydroxylation is 3. The highest BCUT2D eigenvalue weighted by Crippen LogP contribution is 2.39. The van der Waals surface area contributed by atoms with Gasteiger partial charge < -0.3 is 41.4 Å². The molecule has 0 bridgehead atoms. The maximum Gasteiger partial charge on any atom is 0.313 e. The molecule has 1 aliphatic rings. The fourth-order valence-corrected chi connectivity index (χ4v) is 7.46. The van der Waals surface area contributed by atoms with Crippen LogP contribution in [0, 0.1) is 20.8 Å². The van der Waals surface area contributed by atoms with Crippen molar-refractivity contribution in [3.63, 3.8) is 0 Å². The van der Waals surface area contributed by atoms with E-state index < -0.39 is 10.1 Å². The Kier molecular flexibility index (Phi) is 20.9. The number of nitrogens with two attached hydrogens (primary N) is 5. The van der Waals surface area contributed by atoms with E-state index in [0.29, 0.717) is 62.4 Å². The van der Waals surface area contributed by atoms with E-state index in [2.05, 4.69) is 88.8 Å². The highest BCUT2D eigenvalue weighted by molar-refractivity contribution is 9.11. The highest BCUT2D eigenvalue weighted by atomic mass is 79.9. The molecule has 1 aliphatic carbocycles. The molecular formula is C41H49Br4N12O8S+. The number of nitrogens with one attached hydrogen (secondary N) is 2. The van der Waals surface area contributed by atoms with Crippen LogP contribution in [-0.4, -0.2) is 63.8 Å². The lowest BCUT2D eigenvalue weighted by atomic mass is 10.1. The summed E-state index contributed by atoms with van der Waals surface area (Å²) in [6.45, 7) is 5.22. The molecule has 6 heterocycles. The quantitative estimate of drug-likeness (QED) is 0.0526. The summed E-state index contributed by atoms with van der Waals surface area (Å²) < 4.78 is 52.0. The van der Waals surface area contributed by atoms with Gasteiger partial charge in [-0.05, 0) is 139 Å². The number of nitrogens with zero attached hydrogens (tertiary/aromatic N) is 5. The van der Waals surface area contributed by atoms with Crippen LogP contribution in [0.5, 0.6) is 17.6 Å². The molecule has 1 aromatic carbocycles. The zero-order valence-corrected chi connectivity index (χ0v) is 43.5. The zero-order valence-electron chi connectivity index (χ0n) is 36.3. The Morgan fingerprint density at radius 2 is 1.33 bits per heavy atom. The maximum atomic E-state index is 10.9. The molecule has 354 valence electrons. The zero-order chi connectivity index (χ0) is 49.5. The molecule has 0 aliphatic heterocycles. The van der Waals surface area contributed by atoms with Crippen molar-refractivity contribution in [1.82, 2.24) is 29.5 Å². The average Bonchev–Trinajstić information content (AvgIpc) is 4.00. The van der Waals surface area contributed by atoms with Gasteiger partial charge in [0.15, 0.2) is 11.5 Å². The predicted molar refractivity (Wildman–Crippen MR) is 269 cm³/mol. The number of methoxy groups -OCH3 is 3. The lowest BCUT2D eigenvalue weighted by molar-refractivity contribution is -0.630. The Labute approximate surface area is 413 Å². The molecule has 1 saturated carbocycles. The van der Waals surface area contributed by atoms with Crippen LogP contribution in [0.25, 0.3) is 5.65 Å². The van der Waals surface area contributed by atoms with Crippen molar-refractivity contribution in [3.05, 3.63) is 140 Å². The molecule has 8 rings (SSSR count). The van der Waals surface area contributed by atoms with Gasteiger partial charge in [0.25, 0.3) is 10.1 Å². The first-order valence-corrected chi connectivity index (χ1v) is 23.6. The normalized spacial score (nSPS) is 11.3. The second-order valence-corrected chi connectivity index (χ2v) is 18.4. The number of aromatic amines is 2. The average molecular weight is 1190 g/mol. The Bertz CT molecular complexity index is 2960. The summed E-state index contributed by atoms with van der Waals surface area (Å²) in [6, 6.07) is 22.0. The molecule has 0 atom stereocenters. The number of ether oxygens (including phenoxy) is 3. The van der Waals surface area contributed by atoms with Crippen molar-refractivity contribution < 1.29 is 31.9 Å². The SMILES string of the molecule is COc1ccc(Br)c(N)[n+]1N.COc1ccc(Br)c(N)n1.COc1ccc(Br)c2nc(C3CC3)nn12.Cc1cc(C)c(S(=O)(=O)O)c(C)c1.Nc1[nH]c(=O)ccc1Br.Nc1cccc(=O)[nH]1. The number of anilines is 4. The van der Waals surface area contributed by atoms with Gasteiger partial charge in [-0.15, -0.1) is 5.10 Å². The minimum Gasteiger partial charge on any atom is -0.481 e. The van der Waals surface area contributed by atoms with Crippen molar-refractivity contribution in [1.29, 1.82) is 0 Å². The van der Waals surface area contributed by atoms with Gasteiger partial charge in [-0.1, -0.05) is 28.4 Å². The van der Waals surface area contributed by atoms with Crippen molar-refractivity contribution in [2.45, 2.75) is 44.4 Å². The first-order valence-electron chi connectivity index (χ1n) is 19.0. The van der Waals surface area contributed by atoms with Crippen LogP contribution < -0.4 is 58.8 Å². The summed E-state index contributed by atoms with van der Waals surface area (Å²) in [4.78, 5) is 34.1. The van der Waals surface area contributed by atoms with Gasteiger partial charge in [-0.25, -0.2) is 4.98 Å². The standard InChI is InChI=1S/C10H10BrN3O.C9H12O3S.C6H8BrN3O.C6H7BrN2O.C5H5BrN2O.C5H6N2O/c1-15-8-5-4-7(11)10-12-9(6-2-3-6)13-14(8)10;1-6-4-7(2)9(8(3)5-6)13(10,11)12;1-11-5-3-2-4(7)6(8)10(5)9;1-10-5-3-2-4(7)6(8)9-5;6-3-1-2-4(9)8-5(3)7;6-4-2-1-3-5(8)7-4/h4-6H,2-3H2,1H3;4-5H,1-3H3,(H,10,11,12);2-3,8H,9H2,1H3;2-3H,1H3,(H2,8,9);1-2H,(H3,7,8,9);1-3H,(H3,6,7,8)/p+1. The van der Waals surface area contributed by atoms with Crippen molar-refractivity contribution in [2.75, 3.05) is 50.1 Å². The number of aromatic nitrogens is 7. The number of H-pyrrole nitrogens is 2. The Hall–Kier alpha value is -5.73. The van der Waals surface area contributed by atoms with E-state index in [0.717, 1.165) is 30.5 Å². The fraction of sp³-hybridized carbons (Fsp3) is 0.220. The predicted octanol–water partition coefficient (Wildman–Crippen LogP) is 6.39. The van der Waals surface area contributed by atoms with Gasteiger partial charge in [0, 0.05) is 36.2 Å². The summed E-state index contributed by atoms with van der Waals surface area (Å²) in [5.74, 6) is 10.4. The second kappa shape index (κ2) is 25.3. The fourth-order valence-electron chi connectivity index (χ4n) is 5.37. The van der Waals surface area contributed by atoms with Crippen LogP contribution in [-0.2, 0) is 10.1 Å². The Morgan fingerprint density at radius 3 is 1.82 bits per heavy atom. The lowest BCUT2D eigenvalue weighted by Gasteiger charge is -2.07. The van der Waals surface area contributed by atoms with Gasteiger partial charge in [0.2, 0.25) is 22.9 Å². The van der Waals surface area contributed by atoms with Crippen LogP contribution in [0.1, 0.15) is 41.3 Å². The topological polar surface area (TPSA) is 325 Å². The molecule has 6 aromatic heterocycles. The number of benzene rings is 1. The van der Waals surface area contributed by atoms with Crippen LogP contribution in [0.2, 0.25) is 0 Å². The lowest BCUT2D eigenvalue weighted by Crippen LogP contribution is -2.48. The Balaban J connectivity index is 0.000000213. The molecule has 0 unspecified atom stereocenters. The van der Waals surface area contributed by atoms with Gasteiger partial charge in [0.05, 0.1) is 39.6 Å². The van der Waals surface area contributed by atoms with Gasteiger partial charge in [-0.3, -0.25) is 25.7 Å². The highest BCUT2D eigenvalue weighted by Gasteiger charge is 2.28. The first kappa shape index (κ1) is 54.6. The van der Waals surface area contributed by atoms with Gasteiger partial charge in [-0.2, -0.15) is 17.9 Å².